The highest BCUT2D eigenvalue weighted by Crippen LogP contribution is 2.28. The van der Waals surface area contributed by atoms with E-state index in [0.29, 0.717) is 12.4 Å². The molecule has 2 N–H and O–H groups in total. The number of aliphatic hydroxyl groups is 1. The highest BCUT2D eigenvalue weighted by atomic mass is 16.5. The zero-order valence-corrected chi connectivity index (χ0v) is 10.6. The molecule has 1 aromatic rings. The molecule has 1 fully saturated rings. The van der Waals surface area contributed by atoms with E-state index in [9.17, 15) is 5.11 Å². The molecule has 1 aliphatic rings. The molecule has 96 valence electrons. The molecule has 0 spiro atoms. The van der Waals surface area contributed by atoms with Crippen molar-refractivity contribution in [3.05, 3.63) is 6.07 Å². The molecule has 1 heterocycles. The fourth-order valence-electron chi connectivity index (χ4n) is 2.37. The molecular weight excluding hydrogens is 218 g/mol. The lowest BCUT2D eigenvalue weighted by Crippen LogP contribution is -2.38. The molecule has 0 aromatic carbocycles. The molecule has 1 saturated carbocycles. The van der Waals surface area contributed by atoms with Crippen LogP contribution in [0.25, 0.3) is 0 Å². The summed E-state index contributed by atoms with van der Waals surface area (Å²) >= 11 is 0. The van der Waals surface area contributed by atoms with E-state index >= 15 is 0 Å². The number of aromatic nitrogens is 2. The van der Waals surface area contributed by atoms with Crippen molar-refractivity contribution in [2.24, 2.45) is 7.05 Å². The number of hydrogen-bond donors (Lipinski definition) is 2. The Kier molecular flexibility index (Phi) is 3.57. The first kappa shape index (κ1) is 12.2. The van der Waals surface area contributed by atoms with E-state index in [0.717, 1.165) is 31.5 Å². The zero-order chi connectivity index (χ0) is 12.3. The summed E-state index contributed by atoms with van der Waals surface area (Å²) in [5.41, 5.74) is -0.566. The molecule has 5 heteroatoms. The van der Waals surface area contributed by atoms with E-state index in [1.54, 1.807) is 11.8 Å². The van der Waals surface area contributed by atoms with Crippen LogP contribution in [-0.2, 0) is 7.05 Å². The van der Waals surface area contributed by atoms with Crippen molar-refractivity contribution in [1.29, 1.82) is 0 Å². The van der Waals surface area contributed by atoms with Crippen molar-refractivity contribution in [2.75, 3.05) is 19.0 Å². The quantitative estimate of drug-likeness (QED) is 0.836. The Morgan fingerprint density at radius 1 is 1.47 bits per heavy atom. The highest BCUT2D eigenvalue weighted by Gasteiger charge is 2.29. The molecular formula is C12H21N3O2. The Hall–Kier alpha value is -1.23. The Morgan fingerprint density at radius 3 is 2.76 bits per heavy atom. The summed E-state index contributed by atoms with van der Waals surface area (Å²) in [4.78, 5) is 0. The molecule has 1 aromatic heterocycles. The molecule has 0 bridgehead atoms. The summed E-state index contributed by atoms with van der Waals surface area (Å²) in [6.07, 6.45) is 5.22. The van der Waals surface area contributed by atoms with Crippen LogP contribution in [0.5, 0.6) is 5.88 Å². The largest absolute Gasteiger partial charge is 0.481 e. The Morgan fingerprint density at radius 2 is 2.18 bits per heavy atom. The molecule has 2 rings (SSSR count). The minimum atomic E-state index is -0.566. The second-order valence-corrected chi connectivity index (χ2v) is 4.83. The normalized spacial score (nSPS) is 19.0. The van der Waals surface area contributed by atoms with Crippen LogP contribution in [0.1, 0.15) is 32.1 Å². The van der Waals surface area contributed by atoms with Gasteiger partial charge in [0.15, 0.2) is 5.82 Å². The molecule has 0 unspecified atom stereocenters. The number of hydrogen-bond acceptors (Lipinski definition) is 4. The average molecular weight is 239 g/mol. The van der Waals surface area contributed by atoms with Crippen LogP contribution < -0.4 is 10.1 Å². The van der Waals surface area contributed by atoms with Gasteiger partial charge in [0.25, 0.3) is 0 Å². The van der Waals surface area contributed by atoms with Crippen LogP contribution in [0.2, 0.25) is 0 Å². The van der Waals surface area contributed by atoms with Crippen LogP contribution in [0.4, 0.5) is 5.82 Å². The van der Waals surface area contributed by atoms with E-state index in [4.69, 9.17) is 4.74 Å². The fraction of sp³-hybridized carbons (Fsp3) is 0.750. The van der Waals surface area contributed by atoms with Crippen LogP contribution in [0, 0.1) is 0 Å². The summed E-state index contributed by atoms with van der Waals surface area (Å²) in [6, 6.07) is 1.84. The summed E-state index contributed by atoms with van der Waals surface area (Å²) in [5.74, 6) is 1.46. The van der Waals surface area contributed by atoms with Gasteiger partial charge < -0.3 is 15.2 Å². The summed E-state index contributed by atoms with van der Waals surface area (Å²) in [5, 5.41) is 17.8. The Balaban J connectivity index is 1.92. The zero-order valence-electron chi connectivity index (χ0n) is 10.6. The van der Waals surface area contributed by atoms with Crippen molar-refractivity contribution in [1.82, 2.24) is 9.78 Å². The number of anilines is 1. The molecule has 0 amide bonds. The van der Waals surface area contributed by atoms with E-state index in [1.807, 2.05) is 13.1 Å². The van der Waals surface area contributed by atoms with Crippen molar-refractivity contribution >= 4 is 5.82 Å². The van der Waals surface area contributed by atoms with Gasteiger partial charge in [-0.1, -0.05) is 19.3 Å². The summed E-state index contributed by atoms with van der Waals surface area (Å²) in [7, 11) is 3.45. The predicted octanol–water partition coefficient (Wildman–Crippen LogP) is 1.54. The number of ether oxygens (including phenoxy) is 1. The second-order valence-electron chi connectivity index (χ2n) is 4.83. The van der Waals surface area contributed by atoms with Gasteiger partial charge in [0.05, 0.1) is 12.7 Å². The summed E-state index contributed by atoms with van der Waals surface area (Å²) in [6.45, 7) is 0.563. The standard InChI is InChI=1S/C12H21N3O2/c1-15-11(17-2)8-10(14-15)13-9-12(16)6-4-3-5-7-12/h8,16H,3-7,9H2,1-2H3,(H,13,14). The van der Waals surface area contributed by atoms with E-state index < -0.39 is 5.60 Å². The lowest BCUT2D eigenvalue weighted by Gasteiger charge is -2.32. The first-order valence-electron chi connectivity index (χ1n) is 6.17. The third-order valence-electron chi connectivity index (χ3n) is 3.43. The van der Waals surface area contributed by atoms with Crippen LogP contribution in [-0.4, -0.2) is 34.1 Å². The maximum Gasteiger partial charge on any atom is 0.213 e. The number of nitrogens with one attached hydrogen (secondary N) is 1. The number of methoxy groups -OCH3 is 1. The van der Waals surface area contributed by atoms with Crippen LogP contribution in [0.15, 0.2) is 6.07 Å². The van der Waals surface area contributed by atoms with Gasteiger partial charge in [-0.25, -0.2) is 4.68 Å². The lowest BCUT2D eigenvalue weighted by molar-refractivity contribution is 0.0166. The maximum atomic E-state index is 10.3. The number of nitrogens with zero attached hydrogens (tertiary/aromatic N) is 2. The average Bonchev–Trinajstić information content (AvgIpc) is 2.68. The minimum absolute atomic E-state index is 0.563. The van der Waals surface area contributed by atoms with Gasteiger partial charge >= 0.3 is 0 Å². The molecule has 0 radical (unpaired) electrons. The Bertz CT molecular complexity index is 370. The van der Waals surface area contributed by atoms with Crippen molar-refractivity contribution in [2.45, 2.75) is 37.7 Å². The highest BCUT2D eigenvalue weighted by molar-refractivity contribution is 5.39. The fourth-order valence-corrected chi connectivity index (χ4v) is 2.37. The van der Waals surface area contributed by atoms with Gasteiger partial charge in [-0.2, -0.15) is 5.10 Å². The van der Waals surface area contributed by atoms with Gasteiger partial charge in [-0.15, -0.1) is 0 Å². The monoisotopic (exact) mass is 239 g/mol. The molecule has 5 nitrogen and oxygen atoms in total. The van der Waals surface area contributed by atoms with Gasteiger partial charge in [-0.3, -0.25) is 0 Å². The Labute approximate surface area is 102 Å². The second kappa shape index (κ2) is 4.96. The molecule has 17 heavy (non-hydrogen) atoms. The van der Waals surface area contributed by atoms with Gasteiger partial charge in [0.1, 0.15) is 0 Å². The third kappa shape index (κ3) is 2.91. The van der Waals surface area contributed by atoms with Crippen molar-refractivity contribution in [3.8, 4) is 5.88 Å². The number of rotatable bonds is 4. The van der Waals surface area contributed by atoms with Gasteiger partial charge in [0.2, 0.25) is 5.88 Å². The van der Waals surface area contributed by atoms with Gasteiger partial charge in [-0.05, 0) is 12.8 Å². The minimum Gasteiger partial charge on any atom is -0.481 e. The lowest BCUT2D eigenvalue weighted by atomic mass is 9.85. The van der Waals surface area contributed by atoms with E-state index in [2.05, 4.69) is 10.4 Å². The molecule has 1 aliphatic carbocycles. The smallest absolute Gasteiger partial charge is 0.213 e. The molecule has 0 aliphatic heterocycles. The first-order valence-corrected chi connectivity index (χ1v) is 6.17. The van der Waals surface area contributed by atoms with Crippen molar-refractivity contribution < 1.29 is 9.84 Å². The van der Waals surface area contributed by atoms with E-state index in [-0.39, 0.29) is 0 Å². The third-order valence-corrected chi connectivity index (χ3v) is 3.43. The SMILES string of the molecule is COc1cc(NCC2(O)CCCCC2)nn1C. The first-order chi connectivity index (χ1) is 8.13. The van der Waals surface area contributed by atoms with E-state index in [1.165, 1.54) is 6.42 Å². The summed E-state index contributed by atoms with van der Waals surface area (Å²) < 4.78 is 6.81. The van der Waals surface area contributed by atoms with Crippen LogP contribution >= 0.6 is 0 Å². The molecule has 0 saturated heterocycles. The van der Waals surface area contributed by atoms with Crippen LogP contribution in [0.3, 0.4) is 0 Å². The maximum absolute atomic E-state index is 10.3. The number of aryl methyl sites for hydroxylation is 1. The van der Waals surface area contributed by atoms with Crippen molar-refractivity contribution in [3.63, 3.8) is 0 Å². The molecule has 0 atom stereocenters. The predicted molar refractivity (Wildman–Crippen MR) is 66.3 cm³/mol. The topological polar surface area (TPSA) is 59.3 Å². The van der Waals surface area contributed by atoms with Gasteiger partial charge in [0, 0.05) is 19.7 Å².